The van der Waals surface area contributed by atoms with Gasteiger partial charge in [-0.25, -0.2) is 19.9 Å². The predicted molar refractivity (Wildman–Crippen MR) is 196 cm³/mol. The number of hydrogen-bond acceptors (Lipinski definition) is 12. The maximum absolute atomic E-state index is 9.88. The van der Waals surface area contributed by atoms with Gasteiger partial charge in [0, 0.05) is 18.5 Å². The van der Waals surface area contributed by atoms with Crippen molar-refractivity contribution < 1.29 is 15.3 Å². The van der Waals surface area contributed by atoms with Crippen molar-refractivity contribution >= 4 is 51.5 Å². The second-order valence-electron chi connectivity index (χ2n) is 12.5. The van der Waals surface area contributed by atoms with Gasteiger partial charge in [0.1, 0.15) is 5.82 Å². The fourth-order valence-electron chi connectivity index (χ4n) is 5.54. The molecule has 15 heteroatoms. The molecule has 0 aliphatic rings. The first-order valence-electron chi connectivity index (χ1n) is 16.5. The van der Waals surface area contributed by atoms with Crippen molar-refractivity contribution in [3.8, 4) is 0 Å². The van der Waals surface area contributed by atoms with Crippen LogP contribution >= 0.6 is 11.6 Å². The summed E-state index contributed by atoms with van der Waals surface area (Å²) in [6.45, 7) is 9.60. The molecule has 0 bridgehead atoms. The number of hydrogen-bond donors (Lipinski definition) is 6. The molecule has 4 heterocycles. The summed E-state index contributed by atoms with van der Waals surface area (Å²) in [5.41, 5.74) is 10.5. The van der Waals surface area contributed by atoms with Crippen LogP contribution in [0.1, 0.15) is 75.7 Å². The van der Waals surface area contributed by atoms with Crippen LogP contribution in [0.25, 0.3) is 22.3 Å². The van der Waals surface area contributed by atoms with E-state index >= 15 is 0 Å². The standard InChI is InChI=1S/C19H26N6O2.C16H18ClN5O/c1-11(2)25-18-16(24-19(25)20)17(22-15(23-18)9-12(3)27)21-14(10-26)13-7-5-4-6-8-13;1-10(2)22-9-18-13-14(20-16(17)21-15(13)22)19-12(8-23)11-6-4-3-5-7-11/h4-8,11-12,14,26-27H,9-10H2,1-3H3,(H2,20,24)(H,21,22,23);3-7,9-10,12,23H,8H2,1-2H3,(H,19,20,21)/t12-,14+;12-/m01/s1. The van der Waals surface area contributed by atoms with Gasteiger partial charge < -0.3 is 36.3 Å². The fourth-order valence-corrected chi connectivity index (χ4v) is 5.70. The summed E-state index contributed by atoms with van der Waals surface area (Å²) in [5, 5.41) is 36.0. The summed E-state index contributed by atoms with van der Waals surface area (Å²) in [5.74, 6) is 1.85. The maximum Gasteiger partial charge on any atom is 0.226 e. The van der Waals surface area contributed by atoms with Gasteiger partial charge in [0.2, 0.25) is 11.2 Å². The molecule has 264 valence electrons. The quantitative estimate of drug-likeness (QED) is 0.0906. The molecule has 14 nitrogen and oxygen atoms in total. The molecule has 0 saturated carbocycles. The number of fused-ring (bicyclic) bond motifs is 2. The van der Waals surface area contributed by atoms with Crippen molar-refractivity contribution in [2.24, 2.45) is 0 Å². The molecule has 4 aromatic heterocycles. The van der Waals surface area contributed by atoms with E-state index in [1.54, 1.807) is 13.3 Å². The van der Waals surface area contributed by atoms with E-state index in [1.807, 2.05) is 97.5 Å². The summed E-state index contributed by atoms with van der Waals surface area (Å²) in [6, 6.07) is 18.9. The van der Waals surface area contributed by atoms with Gasteiger partial charge in [-0.1, -0.05) is 60.7 Å². The average Bonchev–Trinajstić information content (AvgIpc) is 3.67. The van der Waals surface area contributed by atoms with Crippen LogP contribution in [0.2, 0.25) is 5.28 Å². The number of nitrogen functional groups attached to an aromatic ring is 1. The predicted octanol–water partition coefficient (Wildman–Crippen LogP) is 5.26. The van der Waals surface area contributed by atoms with Gasteiger partial charge in [-0.15, -0.1) is 0 Å². The molecule has 0 amide bonds. The van der Waals surface area contributed by atoms with Crippen molar-refractivity contribution in [1.82, 2.24) is 39.0 Å². The maximum atomic E-state index is 9.88. The van der Waals surface area contributed by atoms with Gasteiger partial charge in [-0.05, 0) is 57.3 Å². The third-order valence-corrected chi connectivity index (χ3v) is 8.12. The van der Waals surface area contributed by atoms with Crippen molar-refractivity contribution in [2.75, 3.05) is 29.6 Å². The molecule has 0 radical (unpaired) electrons. The van der Waals surface area contributed by atoms with Crippen molar-refractivity contribution in [1.29, 1.82) is 0 Å². The largest absolute Gasteiger partial charge is 0.394 e. The second-order valence-corrected chi connectivity index (χ2v) is 12.8. The Morgan fingerprint density at radius 1 is 0.720 bits per heavy atom. The van der Waals surface area contributed by atoms with E-state index in [9.17, 15) is 15.3 Å². The van der Waals surface area contributed by atoms with Gasteiger partial charge in [0.05, 0.1) is 37.7 Å². The molecule has 6 rings (SSSR count). The lowest BCUT2D eigenvalue weighted by Gasteiger charge is -2.18. The molecular weight excluding hydrogens is 658 g/mol. The highest BCUT2D eigenvalue weighted by molar-refractivity contribution is 6.28. The van der Waals surface area contributed by atoms with Crippen molar-refractivity contribution in [3.05, 3.63) is 89.2 Å². The molecule has 2 aromatic carbocycles. The Bertz CT molecular complexity index is 2000. The Kier molecular flexibility index (Phi) is 11.8. The molecule has 7 N–H and O–H groups in total. The van der Waals surface area contributed by atoms with Crippen LogP contribution in [-0.4, -0.2) is 73.7 Å². The van der Waals surface area contributed by atoms with Crippen LogP contribution in [0, 0.1) is 0 Å². The summed E-state index contributed by atoms with van der Waals surface area (Å²) in [6.07, 6.45) is 1.45. The highest BCUT2D eigenvalue weighted by atomic mass is 35.5. The van der Waals surface area contributed by atoms with E-state index in [4.69, 9.17) is 17.3 Å². The van der Waals surface area contributed by atoms with Gasteiger partial charge in [-0.3, -0.25) is 4.57 Å². The summed E-state index contributed by atoms with van der Waals surface area (Å²) in [7, 11) is 0. The normalized spacial score (nSPS) is 13.3. The molecule has 6 aromatic rings. The number of benzene rings is 2. The minimum Gasteiger partial charge on any atom is -0.394 e. The third-order valence-electron chi connectivity index (χ3n) is 7.95. The number of aliphatic hydroxyl groups excluding tert-OH is 3. The topological polar surface area (TPSA) is 198 Å². The zero-order valence-corrected chi connectivity index (χ0v) is 29.5. The lowest BCUT2D eigenvalue weighted by molar-refractivity contribution is 0.193. The number of nitrogens with two attached hydrogens (primary N) is 1. The molecule has 0 fully saturated rings. The first-order chi connectivity index (χ1) is 24.0. The fraction of sp³-hybridized carbons (Fsp3) is 0.371. The van der Waals surface area contributed by atoms with E-state index in [0.717, 1.165) is 11.1 Å². The first-order valence-corrected chi connectivity index (χ1v) is 16.9. The monoisotopic (exact) mass is 701 g/mol. The van der Waals surface area contributed by atoms with E-state index < -0.39 is 6.10 Å². The van der Waals surface area contributed by atoms with E-state index in [1.165, 1.54) is 0 Å². The first kappa shape index (κ1) is 36.4. The molecule has 0 aliphatic carbocycles. The van der Waals surface area contributed by atoms with E-state index in [0.29, 0.717) is 52.2 Å². The Morgan fingerprint density at radius 3 is 1.78 bits per heavy atom. The molecule has 0 spiro atoms. The number of aromatic nitrogens is 8. The highest BCUT2D eigenvalue weighted by Crippen LogP contribution is 2.29. The molecule has 0 saturated heterocycles. The summed E-state index contributed by atoms with van der Waals surface area (Å²) in [4.78, 5) is 26.5. The molecular formula is C35H44ClN11O3. The Hall–Kier alpha value is -4.89. The molecule has 50 heavy (non-hydrogen) atoms. The number of anilines is 3. The van der Waals surface area contributed by atoms with Gasteiger partial charge in [0.15, 0.2) is 34.0 Å². The number of halogens is 1. The highest BCUT2D eigenvalue weighted by Gasteiger charge is 2.22. The van der Waals surface area contributed by atoms with E-state index in [-0.39, 0.29) is 42.7 Å². The molecule has 3 atom stereocenters. The van der Waals surface area contributed by atoms with Gasteiger partial charge in [-0.2, -0.15) is 9.97 Å². The Balaban J connectivity index is 0.000000197. The van der Waals surface area contributed by atoms with Gasteiger partial charge in [0.25, 0.3) is 0 Å². The Morgan fingerprint density at radius 2 is 1.28 bits per heavy atom. The number of nitrogens with one attached hydrogen (secondary N) is 2. The number of nitrogens with zero attached hydrogens (tertiary/aromatic N) is 8. The minimum atomic E-state index is -0.578. The third kappa shape index (κ3) is 8.28. The van der Waals surface area contributed by atoms with Crippen molar-refractivity contribution in [2.45, 2.75) is 71.3 Å². The van der Waals surface area contributed by atoms with Crippen LogP contribution in [-0.2, 0) is 6.42 Å². The van der Waals surface area contributed by atoms with Crippen LogP contribution in [0.3, 0.4) is 0 Å². The van der Waals surface area contributed by atoms with Crippen LogP contribution in [0.4, 0.5) is 17.6 Å². The van der Waals surface area contributed by atoms with Gasteiger partial charge >= 0.3 is 0 Å². The van der Waals surface area contributed by atoms with Crippen LogP contribution < -0.4 is 16.4 Å². The number of aliphatic hydroxyl groups is 3. The second kappa shape index (κ2) is 16.2. The molecule has 0 aliphatic heterocycles. The van der Waals surface area contributed by atoms with Crippen molar-refractivity contribution in [3.63, 3.8) is 0 Å². The Labute approximate surface area is 295 Å². The number of imidazole rings is 2. The van der Waals surface area contributed by atoms with Crippen LogP contribution in [0.5, 0.6) is 0 Å². The lowest BCUT2D eigenvalue weighted by Crippen LogP contribution is -2.18. The smallest absolute Gasteiger partial charge is 0.226 e. The summed E-state index contributed by atoms with van der Waals surface area (Å²) >= 11 is 6.06. The molecule has 0 unspecified atom stereocenters. The average molecular weight is 702 g/mol. The van der Waals surface area contributed by atoms with E-state index in [2.05, 4.69) is 40.5 Å². The minimum absolute atomic E-state index is 0.0694. The summed E-state index contributed by atoms with van der Waals surface area (Å²) < 4.78 is 3.77. The zero-order valence-electron chi connectivity index (χ0n) is 28.7. The SMILES string of the molecule is CC(C)n1c(N)nc2c(N[C@H](CO)c3ccccc3)nc(C[C@H](C)O)nc21.CC(C)n1cnc2c(N[C@H](CO)c3ccccc3)nc(Cl)nc21. The van der Waals surface area contributed by atoms with Crippen LogP contribution in [0.15, 0.2) is 67.0 Å². The zero-order chi connectivity index (χ0) is 35.9. The number of rotatable bonds is 12. The lowest BCUT2D eigenvalue weighted by atomic mass is 10.1.